The Hall–Kier alpha value is -3.00. The highest BCUT2D eigenvalue weighted by Gasteiger charge is 2.29. The van der Waals surface area contributed by atoms with Crippen molar-refractivity contribution in [2.24, 2.45) is 0 Å². The number of imidazole rings is 1. The summed E-state index contributed by atoms with van der Waals surface area (Å²) in [5.41, 5.74) is 2.08. The Bertz CT molecular complexity index is 1020. The number of nitrogens with zero attached hydrogens (tertiary/aromatic N) is 4. The predicted octanol–water partition coefficient (Wildman–Crippen LogP) is 3.72. The van der Waals surface area contributed by atoms with E-state index in [1.807, 2.05) is 22.8 Å². The molecule has 8 nitrogen and oxygen atoms in total. The fourth-order valence-electron chi connectivity index (χ4n) is 4.27. The van der Waals surface area contributed by atoms with E-state index >= 15 is 0 Å². The van der Waals surface area contributed by atoms with Gasteiger partial charge in [0.1, 0.15) is 19.2 Å². The summed E-state index contributed by atoms with van der Waals surface area (Å²) in [5, 5.41) is 3.52. The molecule has 5 rings (SSSR count). The van der Waals surface area contributed by atoms with Crippen LogP contribution in [-0.4, -0.2) is 44.2 Å². The van der Waals surface area contributed by atoms with E-state index < -0.39 is 0 Å². The van der Waals surface area contributed by atoms with E-state index in [-0.39, 0.29) is 24.9 Å². The molecular weight excluding hydrogens is 382 g/mol. The highest BCUT2D eigenvalue weighted by molar-refractivity contribution is 5.89. The molecule has 1 aliphatic carbocycles. The van der Waals surface area contributed by atoms with Crippen LogP contribution < -0.4 is 5.32 Å². The van der Waals surface area contributed by atoms with E-state index in [1.54, 1.807) is 24.8 Å². The Balaban J connectivity index is 1.24. The van der Waals surface area contributed by atoms with Gasteiger partial charge in [-0.1, -0.05) is 31.0 Å². The van der Waals surface area contributed by atoms with Gasteiger partial charge in [0.2, 0.25) is 0 Å². The van der Waals surface area contributed by atoms with Crippen molar-refractivity contribution in [2.75, 3.05) is 11.9 Å². The molecule has 1 aromatic carbocycles. The van der Waals surface area contributed by atoms with E-state index in [4.69, 9.17) is 9.47 Å². The van der Waals surface area contributed by atoms with Gasteiger partial charge in [0.15, 0.2) is 17.0 Å². The van der Waals surface area contributed by atoms with Gasteiger partial charge in [-0.15, -0.1) is 0 Å². The summed E-state index contributed by atoms with van der Waals surface area (Å²) < 4.78 is 13.5. The molecule has 2 atom stereocenters. The van der Waals surface area contributed by atoms with Crippen molar-refractivity contribution in [3.8, 4) is 0 Å². The highest BCUT2D eigenvalue weighted by Crippen LogP contribution is 2.32. The minimum atomic E-state index is -0.328. The Morgan fingerprint density at radius 3 is 2.77 bits per heavy atom. The molecule has 0 bridgehead atoms. The van der Waals surface area contributed by atoms with Crippen molar-refractivity contribution in [1.29, 1.82) is 0 Å². The molecular formula is C22H25N5O3. The molecule has 0 radical (unpaired) electrons. The largest absolute Gasteiger partial charge is 0.459 e. The van der Waals surface area contributed by atoms with Crippen LogP contribution in [0, 0.1) is 0 Å². The summed E-state index contributed by atoms with van der Waals surface area (Å²) in [6.07, 6.45) is 9.50. The van der Waals surface area contributed by atoms with Gasteiger partial charge in [0.05, 0.1) is 18.0 Å². The minimum Gasteiger partial charge on any atom is -0.459 e. The second-order valence-electron chi connectivity index (χ2n) is 7.93. The third-order valence-electron chi connectivity index (χ3n) is 5.86. The first-order chi connectivity index (χ1) is 14.8. The lowest BCUT2D eigenvalue weighted by Crippen LogP contribution is -2.19. The number of benzene rings is 1. The lowest BCUT2D eigenvalue weighted by atomic mass is 10.2. The molecule has 1 saturated heterocycles. The van der Waals surface area contributed by atoms with Gasteiger partial charge in [-0.3, -0.25) is 4.57 Å². The zero-order valence-corrected chi connectivity index (χ0v) is 16.7. The molecule has 156 valence electrons. The lowest BCUT2D eigenvalue weighted by Gasteiger charge is -2.16. The fourth-order valence-corrected chi connectivity index (χ4v) is 4.27. The number of nitrogens with one attached hydrogen (secondary N) is 1. The van der Waals surface area contributed by atoms with Gasteiger partial charge in [-0.25, -0.2) is 19.7 Å². The third kappa shape index (κ3) is 3.87. The summed E-state index contributed by atoms with van der Waals surface area (Å²) in [6, 6.07) is 9.46. The van der Waals surface area contributed by atoms with Gasteiger partial charge in [-0.05, 0) is 37.8 Å². The van der Waals surface area contributed by atoms with Crippen LogP contribution in [0.15, 0.2) is 43.0 Å². The topological polar surface area (TPSA) is 91.2 Å². The molecule has 30 heavy (non-hydrogen) atoms. The van der Waals surface area contributed by atoms with Gasteiger partial charge >= 0.3 is 5.97 Å². The number of carbonyl (C=O) groups excluding carboxylic acids is 1. The molecule has 3 aromatic rings. The van der Waals surface area contributed by atoms with E-state index in [0.717, 1.165) is 29.8 Å². The number of hydrogen-bond donors (Lipinski definition) is 1. The number of ether oxygens (including phenoxy) is 2. The Morgan fingerprint density at radius 2 is 1.93 bits per heavy atom. The Kier molecular flexibility index (Phi) is 5.31. The van der Waals surface area contributed by atoms with Crippen molar-refractivity contribution in [3.63, 3.8) is 0 Å². The number of hydrogen-bond acceptors (Lipinski definition) is 7. The highest BCUT2D eigenvalue weighted by atomic mass is 16.6. The van der Waals surface area contributed by atoms with E-state index in [0.29, 0.717) is 11.6 Å². The quantitative estimate of drug-likeness (QED) is 0.623. The predicted molar refractivity (Wildman–Crippen MR) is 111 cm³/mol. The monoisotopic (exact) mass is 407 g/mol. The number of rotatable bonds is 6. The summed E-state index contributed by atoms with van der Waals surface area (Å²) >= 11 is 0. The van der Waals surface area contributed by atoms with Crippen LogP contribution >= 0.6 is 0 Å². The van der Waals surface area contributed by atoms with Crippen molar-refractivity contribution >= 4 is 23.0 Å². The summed E-state index contributed by atoms with van der Waals surface area (Å²) in [7, 11) is 0. The van der Waals surface area contributed by atoms with E-state index in [2.05, 4.69) is 20.3 Å². The number of aromatic nitrogens is 4. The second kappa shape index (κ2) is 8.39. The second-order valence-corrected chi connectivity index (χ2v) is 7.93. The Labute approximate surface area is 174 Å². The van der Waals surface area contributed by atoms with Gasteiger partial charge in [0, 0.05) is 6.04 Å². The minimum absolute atomic E-state index is 0.141. The summed E-state index contributed by atoms with van der Waals surface area (Å²) in [5.74, 6) is 0.461. The van der Waals surface area contributed by atoms with Crippen LogP contribution in [0.2, 0.25) is 0 Å². The average Bonchev–Trinajstić information content (AvgIpc) is 3.53. The molecule has 3 heterocycles. The summed E-state index contributed by atoms with van der Waals surface area (Å²) in [4.78, 5) is 25.6. The molecule has 2 fully saturated rings. The molecule has 8 heteroatoms. The molecule has 0 unspecified atom stereocenters. The van der Waals surface area contributed by atoms with E-state index in [9.17, 15) is 4.79 Å². The smallest absolute Gasteiger partial charge is 0.338 e. The van der Waals surface area contributed by atoms with Gasteiger partial charge < -0.3 is 14.8 Å². The first kappa shape index (κ1) is 19.0. The van der Waals surface area contributed by atoms with Crippen LogP contribution in [0.25, 0.3) is 11.2 Å². The van der Waals surface area contributed by atoms with Gasteiger partial charge in [0.25, 0.3) is 0 Å². The van der Waals surface area contributed by atoms with Crippen molar-refractivity contribution < 1.29 is 14.3 Å². The zero-order valence-electron chi connectivity index (χ0n) is 16.7. The van der Waals surface area contributed by atoms with Gasteiger partial charge in [-0.2, -0.15) is 0 Å². The number of anilines is 1. The molecule has 0 spiro atoms. The molecule has 1 saturated carbocycles. The molecule has 0 amide bonds. The van der Waals surface area contributed by atoms with Crippen LogP contribution in [0.5, 0.6) is 0 Å². The number of fused-ring (bicyclic) bond motifs is 1. The molecule has 1 N–H and O–H groups in total. The van der Waals surface area contributed by atoms with E-state index in [1.165, 1.54) is 25.7 Å². The van der Waals surface area contributed by atoms with Crippen molar-refractivity contribution in [1.82, 2.24) is 19.5 Å². The first-order valence-corrected chi connectivity index (χ1v) is 10.6. The molecule has 2 aromatic heterocycles. The number of carbonyl (C=O) groups is 1. The standard InChI is InChI=1S/C22H25N5O3/c28-22(15-6-2-1-3-7-15)29-12-17-10-11-18(30-17)27-14-25-19-20(23-13-24-21(19)27)26-16-8-4-5-9-16/h1-3,6-7,13-14,16-18H,4-5,8-12H2,(H,23,24,26)/t17-,18+/m0/s1. The SMILES string of the molecule is O=C(OC[C@@H]1CC[C@H](n2cnc3c(NC4CCCC4)ncnc32)O1)c1ccccc1. The fraction of sp³-hybridized carbons (Fsp3) is 0.455. The van der Waals surface area contributed by atoms with Crippen LogP contribution in [0.1, 0.15) is 55.1 Å². The zero-order chi connectivity index (χ0) is 20.3. The molecule has 2 aliphatic rings. The third-order valence-corrected chi connectivity index (χ3v) is 5.86. The van der Waals surface area contributed by atoms with Crippen LogP contribution in [-0.2, 0) is 9.47 Å². The van der Waals surface area contributed by atoms with Crippen molar-refractivity contribution in [2.45, 2.75) is 56.9 Å². The van der Waals surface area contributed by atoms with Crippen LogP contribution in [0.3, 0.4) is 0 Å². The van der Waals surface area contributed by atoms with Crippen LogP contribution in [0.4, 0.5) is 5.82 Å². The summed E-state index contributed by atoms with van der Waals surface area (Å²) in [6.45, 7) is 0.236. The lowest BCUT2D eigenvalue weighted by molar-refractivity contribution is -0.0309. The maximum absolute atomic E-state index is 12.1. The van der Waals surface area contributed by atoms with Crippen molar-refractivity contribution in [3.05, 3.63) is 48.5 Å². The maximum Gasteiger partial charge on any atom is 0.338 e. The first-order valence-electron chi connectivity index (χ1n) is 10.6. The number of esters is 1. The maximum atomic E-state index is 12.1. The molecule has 1 aliphatic heterocycles. The average molecular weight is 407 g/mol. The normalized spacial score (nSPS) is 21.9. The Morgan fingerprint density at radius 1 is 1.10 bits per heavy atom.